The lowest BCUT2D eigenvalue weighted by atomic mass is 10.1. The Kier molecular flexibility index (Phi) is 10.6. The molecule has 210 valence electrons. The number of thiazole rings is 1. The minimum atomic E-state index is 0.0862. The van der Waals surface area contributed by atoms with Gasteiger partial charge in [-0.1, -0.05) is 5.16 Å². The Labute approximate surface area is 235 Å². The number of morpholine rings is 1. The van der Waals surface area contributed by atoms with Gasteiger partial charge in [-0.2, -0.15) is 0 Å². The van der Waals surface area contributed by atoms with Crippen LogP contribution in [0.3, 0.4) is 0 Å². The molecule has 9 heteroatoms. The van der Waals surface area contributed by atoms with Crippen molar-refractivity contribution >= 4 is 17.2 Å². The molecule has 1 saturated heterocycles. The van der Waals surface area contributed by atoms with Crippen LogP contribution in [0.4, 0.5) is 0 Å². The van der Waals surface area contributed by atoms with Gasteiger partial charge in [-0.15, -0.1) is 11.3 Å². The van der Waals surface area contributed by atoms with Crippen LogP contribution in [-0.4, -0.2) is 66.0 Å². The Balaban J connectivity index is 1.17. The van der Waals surface area contributed by atoms with Crippen LogP contribution in [-0.2, 0) is 11.2 Å². The van der Waals surface area contributed by atoms with E-state index in [4.69, 9.17) is 30.1 Å². The Morgan fingerprint density at radius 1 is 1.00 bits per heavy atom. The van der Waals surface area contributed by atoms with Gasteiger partial charge in [0, 0.05) is 35.6 Å². The van der Waals surface area contributed by atoms with E-state index in [9.17, 15) is 0 Å². The van der Waals surface area contributed by atoms with Crippen molar-refractivity contribution in [2.45, 2.75) is 58.7 Å². The zero-order valence-corrected chi connectivity index (χ0v) is 24.0. The topological polar surface area (TPSA) is 102 Å². The third kappa shape index (κ3) is 8.68. The molecule has 3 N–H and O–H groups in total. The molecular weight excluding hydrogens is 512 g/mol. The van der Waals surface area contributed by atoms with Gasteiger partial charge >= 0.3 is 0 Å². The first-order valence-electron chi connectivity index (χ1n) is 13.7. The van der Waals surface area contributed by atoms with Crippen molar-refractivity contribution in [1.82, 2.24) is 9.88 Å². The molecule has 1 aliphatic rings. The van der Waals surface area contributed by atoms with Crippen LogP contribution >= 0.6 is 11.3 Å². The van der Waals surface area contributed by atoms with Gasteiger partial charge in [-0.05, 0) is 95.0 Å². The van der Waals surface area contributed by atoms with E-state index < -0.39 is 0 Å². The van der Waals surface area contributed by atoms with Crippen LogP contribution < -0.4 is 15.2 Å². The van der Waals surface area contributed by atoms with E-state index in [1.807, 2.05) is 24.3 Å². The summed E-state index contributed by atoms with van der Waals surface area (Å²) in [7, 11) is 0. The summed E-state index contributed by atoms with van der Waals surface area (Å²) >= 11 is 1.80. The normalized spacial score (nSPS) is 18.3. The molecule has 8 nitrogen and oxygen atoms in total. The number of hydrogen-bond acceptors (Lipinski definition) is 8. The average Bonchev–Trinajstić information content (AvgIpc) is 3.31. The quantitative estimate of drug-likeness (QED) is 0.0950. The third-order valence-corrected chi connectivity index (χ3v) is 7.70. The van der Waals surface area contributed by atoms with E-state index in [-0.39, 0.29) is 18.0 Å². The highest BCUT2D eigenvalue weighted by Gasteiger charge is 2.22. The summed E-state index contributed by atoms with van der Waals surface area (Å²) in [5.41, 5.74) is 8.47. The highest BCUT2D eigenvalue weighted by molar-refractivity contribution is 7.12. The van der Waals surface area contributed by atoms with Crippen molar-refractivity contribution in [1.29, 1.82) is 0 Å². The number of oxime groups is 1. The number of benzene rings is 2. The molecule has 3 aromatic rings. The Morgan fingerprint density at radius 2 is 1.59 bits per heavy atom. The lowest BCUT2D eigenvalue weighted by Gasteiger charge is -2.35. The van der Waals surface area contributed by atoms with Crippen molar-refractivity contribution < 1.29 is 19.4 Å². The predicted octanol–water partition coefficient (Wildman–Crippen LogP) is 5.49. The van der Waals surface area contributed by atoms with Crippen molar-refractivity contribution in [3.8, 4) is 22.8 Å². The van der Waals surface area contributed by atoms with Gasteiger partial charge in [0.1, 0.15) is 11.5 Å². The van der Waals surface area contributed by atoms with E-state index >= 15 is 0 Å². The molecule has 1 aliphatic heterocycles. The molecule has 2 unspecified atom stereocenters. The molecule has 0 amide bonds. The fraction of sp³-hybridized carbons (Fsp3) is 0.467. The van der Waals surface area contributed by atoms with Gasteiger partial charge in [-0.3, -0.25) is 4.90 Å². The molecule has 0 bridgehead atoms. The van der Waals surface area contributed by atoms with Gasteiger partial charge in [0.15, 0.2) is 5.84 Å². The zero-order valence-electron chi connectivity index (χ0n) is 23.1. The van der Waals surface area contributed by atoms with Crippen LogP contribution in [0.2, 0.25) is 0 Å². The summed E-state index contributed by atoms with van der Waals surface area (Å²) in [4.78, 5) is 8.69. The van der Waals surface area contributed by atoms with E-state index in [1.165, 1.54) is 4.88 Å². The van der Waals surface area contributed by atoms with Crippen LogP contribution in [0, 0.1) is 6.92 Å². The number of hydrogen-bond donors (Lipinski definition) is 2. The first-order chi connectivity index (χ1) is 18.9. The first-order valence-corrected chi connectivity index (χ1v) is 14.5. The smallest absolute Gasteiger partial charge is 0.170 e. The number of aromatic nitrogens is 1. The second-order valence-electron chi connectivity index (χ2n) is 10.1. The van der Waals surface area contributed by atoms with E-state index in [0.29, 0.717) is 18.8 Å². The molecule has 1 fully saturated rings. The number of ether oxygens (including phenoxy) is 3. The number of nitrogens with zero attached hydrogens (tertiary/aromatic N) is 3. The van der Waals surface area contributed by atoms with E-state index in [1.54, 1.807) is 23.5 Å². The molecule has 1 aromatic heterocycles. The molecule has 2 atom stereocenters. The second-order valence-corrected chi connectivity index (χ2v) is 11.4. The maximum Gasteiger partial charge on any atom is 0.170 e. The average molecular weight is 553 g/mol. The van der Waals surface area contributed by atoms with Crippen LogP contribution in [0.1, 0.15) is 48.6 Å². The summed E-state index contributed by atoms with van der Waals surface area (Å²) in [5.74, 6) is 1.73. The SMILES string of the molecule is Cc1nc(-c2ccc(OCCCCCOc3ccc(/C(N)=N/O)cc3)cc2)c(CCN2CC(C)OC(C)C2)s1. The van der Waals surface area contributed by atoms with Crippen molar-refractivity contribution in [3.63, 3.8) is 0 Å². The summed E-state index contributed by atoms with van der Waals surface area (Å²) in [6, 6.07) is 15.5. The van der Waals surface area contributed by atoms with E-state index in [0.717, 1.165) is 73.1 Å². The largest absolute Gasteiger partial charge is 0.494 e. The molecule has 0 spiro atoms. The minimum absolute atomic E-state index is 0.0862. The number of rotatable bonds is 13. The van der Waals surface area contributed by atoms with E-state index in [2.05, 4.69) is 43.0 Å². The Bertz CT molecular complexity index is 1190. The van der Waals surface area contributed by atoms with Crippen LogP contribution in [0.15, 0.2) is 53.7 Å². The number of amidine groups is 1. The molecule has 0 aliphatic carbocycles. The van der Waals surface area contributed by atoms with Crippen molar-refractivity contribution in [2.24, 2.45) is 10.9 Å². The molecule has 0 radical (unpaired) electrons. The second kappa shape index (κ2) is 14.3. The summed E-state index contributed by atoms with van der Waals surface area (Å²) < 4.78 is 17.6. The Hall–Kier alpha value is -3.14. The summed E-state index contributed by atoms with van der Waals surface area (Å²) in [6.07, 6.45) is 4.49. The van der Waals surface area contributed by atoms with Gasteiger partial charge in [0.05, 0.1) is 36.1 Å². The third-order valence-electron chi connectivity index (χ3n) is 6.67. The van der Waals surface area contributed by atoms with Gasteiger partial charge in [0.2, 0.25) is 0 Å². The van der Waals surface area contributed by atoms with Crippen LogP contribution in [0.5, 0.6) is 11.5 Å². The molecule has 39 heavy (non-hydrogen) atoms. The zero-order chi connectivity index (χ0) is 27.6. The van der Waals surface area contributed by atoms with Crippen LogP contribution in [0.25, 0.3) is 11.3 Å². The van der Waals surface area contributed by atoms with Gasteiger partial charge in [-0.25, -0.2) is 4.98 Å². The Morgan fingerprint density at radius 3 is 2.18 bits per heavy atom. The highest BCUT2D eigenvalue weighted by Crippen LogP contribution is 2.30. The molecule has 0 saturated carbocycles. The lowest BCUT2D eigenvalue weighted by molar-refractivity contribution is -0.0674. The summed E-state index contributed by atoms with van der Waals surface area (Å²) in [5, 5.41) is 12.8. The molecular formula is C30H40N4O4S. The standard InChI is InChI=1S/C30H40N4O4S/c1-21-19-34(20-22(2)38-21)16-15-28-29(32-23(3)39-28)24-7-11-26(12-8-24)36-17-5-4-6-18-37-27-13-9-25(10-14-27)30(31)33-35/h7-14,21-22,35H,4-6,15-20H2,1-3H3,(H2,31,33). The maximum absolute atomic E-state index is 8.73. The van der Waals surface area contributed by atoms with Crippen molar-refractivity contribution in [3.05, 3.63) is 64.0 Å². The highest BCUT2D eigenvalue weighted by atomic mass is 32.1. The molecule has 2 aromatic carbocycles. The molecule has 4 rings (SSSR count). The maximum atomic E-state index is 8.73. The summed E-state index contributed by atoms with van der Waals surface area (Å²) in [6.45, 7) is 10.7. The minimum Gasteiger partial charge on any atom is -0.494 e. The monoisotopic (exact) mass is 552 g/mol. The number of nitrogens with two attached hydrogens (primary N) is 1. The lowest BCUT2D eigenvalue weighted by Crippen LogP contribution is -2.46. The number of unbranched alkanes of at least 4 members (excludes halogenated alkanes) is 2. The fourth-order valence-corrected chi connectivity index (χ4v) is 5.79. The first kappa shape index (κ1) is 28.9. The fourth-order valence-electron chi connectivity index (χ4n) is 4.84. The number of aryl methyl sites for hydroxylation is 1. The van der Waals surface area contributed by atoms with Gasteiger partial charge < -0.3 is 25.2 Å². The van der Waals surface area contributed by atoms with Gasteiger partial charge in [0.25, 0.3) is 0 Å². The molecule has 2 heterocycles. The predicted molar refractivity (Wildman–Crippen MR) is 156 cm³/mol. The van der Waals surface area contributed by atoms with Crippen molar-refractivity contribution in [2.75, 3.05) is 32.8 Å².